The van der Waals surface area contributed by atoms with Crippen LogP contribution in [0.5, 0.6) is 0 Å². The van der Waals surface area contributed by atoms with Gasteiger partial charge in [-0.1, -0.05) is 170 Å². The van der Waals surface area contributed by atoms with Gasteiger partial charge in [0.2, 0.25) is 0 Å². The molecule has 0 saturated heterocycles. The first-order valence-electron chi connectivity index (χ1n) is 28.6. The first kappa shape index (κ1) is 49.3. The van der Waals surface area contributed by atoms with Gasteiger partial charge in [-0.2, -0.15) is 13.2 Å². The molecule has 10 heteroatoms. The number of para-hydroxylation sites is 6. The highest BCUT2D eigenvalue weighted by molar-refractivity contribution is 6.14. The zero-order chi connectivity index (χ0) is 57.2. The van der Waals surface area contributed by atoms with Crippen molar-refractivity contribution in [3.63, 3.8) is 0 Å². The molecule has 0 fully saturated rings. The normalized spacial score (nSPS) is 12.1. The number of aromatic nitrogens is 7. The van der Waals surface area contributed by atoms with Crippen molar-refractivity contribution in [3.05, 3.63) is 285 Å². The maximum absolute atomic E-state index is 15.7. The van der Waals surface area contributed by atoms with E-state index < -0.39 is 11.7 Å². The summed E-state index contributed by atoms with van der Waals surface area (Å²) >= 11 is 0. The smallest absolute Gasteiger partial charge is 0.309 e. The average molecular weight is 1110 g/mol. The van der Waals surface area contributed by atoms with Gasteiger partial charge in [-0.25, -0.2) is 15.0 Å². The van der Waals surface area contributed by atoms with E-state index in [-0.39, 0.29) is 0 Å². The summed E-state index contributed by atoms with van der Waals surface area (Å²) in [7, 11) is 0. The van der Waals surface area contributed by atoms with E-state index in [2.05, 4.69) is 176 Å². The van der Waals surface area contributed by atoms with Crippen molar-refractivity contribution in [1.29, 1.82) is 0 Å². The second kappa shape index (κ2) is 19.1. The standard InChI is InChI=1S/C76H46F3N7/c77-76(78,79)49-35-40-71(86-69-34-18-12-28-58(69)63-46-52(38-42-72(63)86)84-66-31-15-9-25-55(66)56-26-10-16-32-67(56)84)61(43-49)60-44-50(36-39-59(60)75-81-73(47-19-3-1-4-20-47)80-74(82-75)48-21-5-2-6-22-48)85-68-33-17-11-27-57(68)62-45-51(37-41-70(62)85)83-64-29-13-7-23-53(64)54-24-8-14-30-65(54)83/h1-46H. The Morgan fingerprint density at radius 1 is 0.244 bits per heavy atom. The Morgan fingerprint density at radius 3 is 1.01 bits per heavy atom. The van der Waals surface area contributed by atoms with Gasteiger partial charge in [0, 0.05) is 82.4 Å². The molecule has 17 rings (SSSR count). The molecule has 12 aromatic carbocycles. The second-order valence-electron chi connectivity index (χ2n) is 21.8. The zero-order valence-corrected chi connectivity index (χ0v) is 45.8. The largest absolute Gasteiger partial charge is 0.416 e. The summed E-state index contributed by atoms with van der Waals surface area (Å²) in [5.41, 5.74) is 13.2. The average Bonchev–Trinajstić information content (AvgIpc) is 1.67. The van der Waals surface area contributed by atoms with Crippen LogP contribution in [-0.4, -0.2) is 33.2 Å². The minimum Gasteiger partial charge on any atom is -0.309 e. The van der Waals surface area contributed by atoms with Crippen LogP contribution in [-0.2, 0) is 6.18 Å². The molecule has 86 heavy (non-hydrogen) atoms. The molecule has 5 aromatic heterocycles. The monoisotopic (exact) mass is 1110 g/mol. The number of halogens is 3. The molecular formula is C76H46F3N7. The Hall–Kier alpha value is -11.4. The topological polar surface area (TPSA) is 58.4 Å². The van der Waals surface area contributed by atoms with Crippen LogP contribution in [0.3, 0.4) is 0 Å². The summed E-state index contributed by atoms with van der Waals surface area (Å²) in [6.07, 6.45) is -4.70. The van der Waals surface area contributed by atoms with Gasteiger partial charge < -0.3 is 18.3 Å². The molecule has 406 valence electrons. The molecule has 7 nitrogen and oxygen atoms in total. The maximum atomic E-state index is 15.7. The summed E-state index contributed by atoms with van der Waals surface area (Å²) in [6, 6.07) is 92.8. The molecule has 0 amide bonds. The Balaban J connectivity index is 0.942. The van der Waals surface area contributed by atoms with Crippen molar-refractivity contribution in [2.75, 3.05) is 0 Å². The predicted molar refractivity (Wildman–Crippen MR) is 344 cm³/mol. The minimum atomic E-state index is -4.70. The highest BCUT2D eigenvalue weighted by Crippen LogP contribution is 2.46. The van der Waals surface area contributed by atoms with Crippen molar-refractivity contribution in [2.45, 2.75) is 6.18 Å². The summed E-state index contributed by atoms with van der Waals surface area (Å²) in [6.45, 7) is 0. The summed E-state index contributed by atoms with van der Waals surface area (Å²) in [4.78, 5) is 15.5. The van der Waals surface area contributed by atoms with Crippen molar-refractivity contribution in [2.24, 2.45) is 0 Å². The molecule has 0 aliphatic rings. The quantitative estimate of drug-likeness (QED) is 0.152. The first-order chi connectivity index (χ1) is 42.3. The fraction of sp³-hybridized carbons (Fsp3) is 0.0132. The molecule has 0 unspecified atom stereocenters. The molecule has 0 radical (unpaired) electrons. The van der Waals surface area contributed by atoms with E-state index in [9.17, 15) is 0 Å². The number of hydrogen-bond acceptors (Lipinski definition) is 3. The van der Waals surface area contributed by atoms with Crippen LogP contribution in [0.4, 0.5) is 13.2 Å². The molecule has 0 aliphatic heterocycles. The molecule has 0 atom stereocenters. The molecule has 0 N–H and O–H groups in total. The lowest BCUT2D eigenvalue weighted by molar-refractivity contribution is -0.137. The van der Waals surface area contributed by atoms with E-state index in [1.807, 2.05) is 103 Å². The number of rotatable bonds is 8. The fourth-order valence-electron chi connectivity index (χ4n) is 13.3. The van der Waals surface area contributed by atoms with Crippen molar-refractivity contribution < 1.29 is 13.2 Å². The van der Waals surface area contributed by atoms with Crippen molar-refractivity contribution >= 4 is 87.2 Å². The minimum absolute atomic E-state index is 0.304. The third-order valence-corrected chi connectivity index (χ3v) is 17.0. The lowest BCUT2D eigenvalue weighted by Gasteiger charge is -2.20. The van der Waals surface area contributed by atoms with Gasteiger partial charge in [0.25, 0.3) is 0 Å². The number of benzene rings is 12. The fourth-order valence-corrected chi connectivity index (χ4v) is 13.3. The van der Waals surface area contributed by atoms with Gasteiger partial charge in [0.15, 0.2) is 17.5 Å². The molecule has 0 saturated carbocycles. The SMILES string of the molecule is FC(F)(F)c1ccc(-n2c3ccccc3c3cc(-n4c5ccccc5c5ccccc54)ccc32)c(-c2cc(-n3c4ccccc4c4cc(-n5c6ccccc6c6ccccc65)ccc43)ccc2-c2nc(-c3ccccc3)nc(-c3ccccc3)n2)c1. The van der Waals surface area contributed by atoms with Gasteiger partial charge in [-0.05, 0) is 115 Å². The van der Waals surface area contributed by atoms with Crippen LogP contribution >= 0.6 is 0 Å². The van der Waals surface area contributed by atoms with Crippen LogP contribution in [0.2, 0.25) is 0 Å². The van der Waals surface area contributed by atoms with E-state index in [4.69, 9.17) is 15.0 Å². The Labute approximate surface area is 490 Å². The first-order valence-corrected chi connectivity index (χ1v) is 28.6. The number of fused-ring (bicyclic) bond motifs is 12. The second-order valence-corrected chi connectivity index (χ2v) is 21.8. The van der Waals surface area contributed by atoms with Crippen molar-refractivity contribution in [1.82, 2.24) is 33.2 Å². The van der Waals surface area contributed by atoms with E-state index in [1.165, 1.54) is 22.9 Å². The maximum Gasteiger partial charge on any atom is 0.416 e. The van der Waals surface area contributed by atoms with Crippen LogP contribution in [0.25, 0.3) is 155 Å². The molecule has 0 spiro atoms. The van der Waals surface area contributed by atoms with Crippen LogP contribution in [0.15, 0.2) is 279 Å². The van der Waals surface area contributed by atoms with Gasteiger partial charge >= 0.3 is 6.18 Å². The highest BCUT2D eigenvalue weighted by Gasteiger charge is 2.33. The number of nitrogens with zero attached hydrogens (tertiary/aromatic N) is 7. The summed E-state index contributed by atoms with van der Waals surface area (Å²) in [5.74, 6) is 1.16. The van der Waals surface area contributed by atoms with E-state index in [0.29, 0.717) is 39.9 Å². The molecule has 0 aliphatic carbocycles. The van der Waals surface area contributed by atoms with Crippen molar-refractivity contribution in [3.8, 4) is 68.0 Å². The Kier molecular flexibility index (Phi) is 10.9. The van der Waals surface area contributed by atoms with E-state index in [0.717, 1.165) is 105 Å². The summed E-state index contributed by atoms with van der Waals surface area (Å²) < 4.78 is 56.0. The third-order valence-electron chi connectivity index (χ3n) is 17.0. The molecule has 0 bridgehead atoms. The summed E-state index contributed by atoms with van der Waals surface area (Å²) in [5, 5.41) is 8.58. The highest BCUT2D eigenvalue weighted by atomic mass is 19.4. The Bertz CT molecular complexity index is 5430. The van der Waals surface area contributed by atoms with Crippen LogP contribution < -0.4 is 0 Å². The zero-order valence-electron chi connectivity index (χ0n) is 45.8. The molecule has 17 aromatic rings. The lowest BCUT2D eigenvalue weighted by atomic mass is 9.94. The van der Waals surface area contributed by atoms with Crippen LogP contribution in [0, 0.1) is 0 Å². The number of hydrogen-bond donors (Lipinski definition) is 0. The van der Waals surface area contributed by atoms with E-state index >= 15 is 13.2 Å². The lowest BCUT2D eigenvalue weighted by Crippen LogP contribution is -2.08. The van der Waals surface area contributed by atoms with Gasteiger partial charge in [0.1, 0.15) is 0 Å². The number of alkyl halides is 3. The van der Waals surface area contributed by atoms with Gasteiger partial charge in [-0.3, -0.25) is 0 Å². The Morgan fingerprint density at radius 2 is 0.581 bits per heavy atom. The third kappa shape index (κ3) is 7.66. The van der Waals surface area contributed by atoms with Gasteiger partial charge in [0.05, 0.1) is 55.4 Å². The molecular weight excluding hydrogens is 1070 g/mol. The van der Waals surface area contributed by atoms with Gasteiger partial charge in [-0.15, -0.1) is 0 Å². The van der Waals surface area contributed by atoms with E-state index in [1.54, 1.807) is 6.07 Å². The van der Waals surface area contributed by atoms with Crippen LogP contribution in [0.1, 0.15) is 5.56 Å². The molecule has 5 heterocycles. The predicted octanol–water partition coefficient (Wildman–Crippen LogP) is 19.9.